The molecule has 0 bridgehead atoms. The van der Waals surface area contributed by atoms with Crippen molar-refractivity contribution >= 4 is 5.69 Å². The Labute approximate surface area is 143 Å². The molecule has 0 aromatic heterocycles. The van der Waals surface area contributed by atoms with Crippen LogP contribution >= 0.6 is 0 Å². The highest BCUT2D eigenvalue weighted by Crippen LogP contribution is 2.31. The first-order chi connectivity index (χ1) is 11.8. The number of hydrogen-bond donors (Lipinski definition) is 1. The van der Waals surface area contributed by atoms with Crippen molar-refractivity contribution < 1.29 is 4.74 Å². The van der Waals surface area contributed by atoms with E-state index in [1.54, 1.807) is 7.11 Å². The highest BCUT2D eigenvalue weighted by atomic mass is 16.5. The second-order valence-electron chi connectivity index (χ2n) is 6.22. The lowest BCUT2D eigenvalue weighted by molar-refractivity contribution is 0.414. The molecular weight excluding hydrogens is 298 g/mol. The minimum Gasteiger partial charge on any atom is -0.495 e. The van der Waals surface area contributed by atoms with Gasteiger partial charge in [0.05, 0.1) is 24.4 Å². The van der Waals surface area contributed by atoms with Crippen molar-refractivity contribution in [1.82, 2.24) is 5.32 Å². The molecule has 124 valence electrons. The third-order valence-electron chi connectivity index (χ3n) is 4.53. The Morgan fingerprint density at radius 3 is 2.96 bits per heavy atom. The lowest BCUT2D eigenvalue weighted by Crippen LogP contribution is -2.26. The molecule has 1 aliphatic rings. The van der Waals surface area contributed by atoms with Gasteiger partial charge in [-0.15, -0.1) is 0 Å². The Bertz CT molecular complexity index is 723. The molecule has 0 saturated carbocycles. The van der Waals surface area contributed by atoms with Crippen molar-refractivity contribution in [2.24, 2.45) is 5.92 Å². The number of hydrogen-bond acceptors (Lipinski definition) is 4. The van der Waals surface area contributed by atoms with E-state index in [2.05, 4.69) is 34.5 Å². The second kappa shape index (κ2) is 7.85. The van der Waals surface area contributed by atoms with Crippen LogP contribution in [0.25, 0.3) is 0 Å². The second-order valence-corrected chi connectivity index (χ2v) is 6.22. The third kappa shape index (κ3) is 3.87. The SMILES string of the molecule is COc1ccccc1N1CC[C@@H](CNCc2cccc(C#N)c2)C1. The van der Waals surface area contributed by atoms with Gasteiger partial charge in [0.2, 0.25) is 0 Å². The Balaban J connectivity index is 1.50. The summed E-state index contributed by atoms with van der Waals surface area (Å²) in [5.74, 6) is 1.58. The van der Waals surface area contributed by atoms with E-state index < -0.39 is 0 Å². The fourth-order valence-electron chi connectivity index (χ4n) is 3.28. The molecule has 4 nitrogen and oxygen atoms in total. The molecular formula is C20H23N3O. The first-order valence-corrected chi connectivity index (χ1v) is 8.38. The van der Waals surface area contributed by atoms with E-state index in [0.29, 0.717) is 5.92 Å². The summed E-state index contributed by atoms with van der Waals surface area (Å²) in [6.45, 7) is 3.91. The number of nitrogens with zero attached hydrogens (tertiary/aromatic N) is 2. The van der Waals surface area contributed by atoms with Crippen LogP contribution in [0.5, 0.6) is 5.75 Å². The highest BCUT2D eigenvalue weighted by molar-refractivity contribution is 5.59. The summed E-state index contributed by atoms with van der Waals surface area (Å²) in [6.07, 6.45) is 1.18. The molecule has 0 amide bonds. The van der Waals surface area contributed by atoms with Crippen LogP contribution in [0.3, 0.4) is 0 Å². The number of para-hydroxylation sites is 2. The topological polar surface area (TPSA) is 48.3 Å². The number of ether oxygens (including phenoxy) is 1. The molecule has 1 fully saturated rings. The zero-order chi connectivity index (χ0) is 16.8. The van der Waals surface area contributed by atoms with Gasteiger partial charge >= 0.3 is 0 Å². The van der Waals surface area contributed by atoms with Gasteiger partial charge in [-0.2, -0.15) is 5.26 Å². The normalized spacial score (nSPS) is 16.8. The first kappa shape index (κ1) is 16.4. The predicted molar refractivity (Wildman–Crippen MR) is 96.2 cm³/mol. The van der Waals surface area contributed by atoms with Gasteiger partial charge < -0.3 is 15.0 Å². The maximum Gasteiger partial charge on any atom is 0.142 e. The molecule has 0 radical (unpaired) electrons. The van der Waals surface area contributed by atoms with Crippen LogP contribution in [0.1, 0.15) is 17.5 Å². The first-order valence-electron chi connectivity index (χ1n) is 8.38. The van der Waals surface area contributed by atoms with Crippen LogP contribution in [-0.2, 0) is 6.54 Å². The summed E-state index contributed by atoms with van der Waals surface area (Å²) in [7, 11) is 1.73. The maximum absolute atomic E-state index is 8.95. The van der Waals surface area contributed by atoms with Crippen LogP contribution in [-0.4, -0.2) is 26.7 Å². The van der Waals surface area contributed by atoms with Crippen molar-refractivity contribution in [3.63, 3.8) is 0 Å². The molecule has 0 spiro atoms. The van der Waals surface area contributed by atoms with Crippen LogP contribution < -0.4 is 15.0 Å². The van der Waals surface area contributed by atoms with Gasteiger partial charge in [-0.1, -0.05) is 24.3 Å². The van der Waals surface area contributed by atoms with Gasteiger partial charge in [-0.3, -0.25) is 0 Å². The van der Waals surface area contributed by atoms with Crippen LogP contribution in [0, 0.1) is 17.2 Å². The quantitative estimate of drug-likeness (QED) is 0.888. The monoisotopic (exact) mass is 321 g/mol. The lowest BCUT2D eigenvalue weighted by Gasteiger charge is -2.21. The molecule has 1 atom stereocenters. The van der Waals surface area contributed by atoms with E-state index in [0.717, 1.165) is 43.1 Å². The fourth-order valence-corrected chi connectivity index (χ4v) is 3.28. The van der Waals surface area contributed by atoms with E-state index in [1.807, 2.05) is 30.3 Å². The standard InChI is InChI=1S/C20H23N3O/c1-24-20-8-3-2-7-19(20)23-10-9-18(15-23)14-22-13-17-6-4-5-16(11-17)12-21/h2-8,11,18,22H,9-10,13-15H2,1H3/t18-/m0/s1. The molecule has 3 rings (SSSR count). The minimum absolute atomic E-state index is 0.633. The lowest BCUT2D eigenvalue weighted by atomic mass is 10.1. The number of rotatable bonds is 6. The molecule has 2 aromatic carbocycles. The molecule has 0 aliphatic carbocycles. The molecule has 2 aromatic rings. The van der Waals surface area contributed by atoms with Crippen LogP contribution in [0.2, 0.25) is 0 Å². The summed E-state index contributed by atoms with van der Waals surface area (Å²) < 4.78 is 5.47. The largest absolute Gasteiger partial charge is 0.495 e. The Morgan fingerprint density at radius 2 is 2.12 bits per heavy atom. The van der Waals surface area contributed by atoms with E-state index in [9.17, 15) is 0 Å². The van der Waals surface area contributed by atoms with Gasteiger partial charge in [0.1, 0.15) is 5.75 Å². The van der Waals surface area contributed by atoms with Crippen LogP contribution in [0.15, 0.2) is 48.5 Å². The van der Waals surface area contributed by atoms with Crippen molar-refractivity contribution in [2.75, 3.05) is 31.6 Å². The minimum atomic E-state index is 0.633. The molecule has 24 heavy (non-hydrogen) atoms. The fraction of sp³-hybridized carbons (Fsp3) is 0.350. The van der Waals surface area contributed by atoms with E-state index in [1.165, 1.54) is 12.1 Å². The molecule has 4 heteroatoms. The third-order valence-corrected chi connectivity index (χ3v) is 4.53. The van der Waals surface area contributed by atoms with E-state index in [-0.39, 0.29) is 0 Å². The summed E-state index contributed by atoms with van der Waals surface area (Å²) in [6, 6.07) is 18.2. The number of anilines is 1. The Kier molecular flexibility index (Phi) is 5.35. The Morgan fingerprint density at radius 1 is 1.25 bits per heavy atom. The van der Waals surface area contributed by atoms with Crippen molar-refractivity contribution in [3.05, 3.63) is 59.7 Å². The molecule has 1 N–H and O–H groups in total. The van der Waals surface area contributed by atoms with Gasteiger partial charge in [-0.25, -0.2) is 0 Å². The number of nitrogens with one attached hydrogen (secondary N) is 1. The number of benzene rings is 2. The summed E-state index contributed by atoms with van der Waals surface area (Å²) in [5.41, 5.74) is 3.07. The average molecular weight is 321 g/mol. The van der Waals surface area contributed by atoms with Gasteiger partial charge in [0.15, 0.2) is 0 Å². The zero-order valence-electron chi connectivity index (χ0n) is 14.0. The van der Waals surface area contributed by atoms with Crippen LogP contribution in [0.4, 0.5) is 5.69 Å². The molecule has 1 heterocycles. The Hall–Kier alpha value is -2.51. The van der Waals surface area contributed by atoms with E-state index in [4.69, 9.17) is 10.00 Å². The molecule has 1 saturated heterocycles. The van der Waals surface area contributed by atoms with Gasteiger partial charge in [0.25, 0.3) is 0 Å². The number of methoxy groups -OCH3 is 1. The van der Waals surface area contributed by atoms with Crippen molar-refractivity contribution in [1.29, 1.82) is 5.26 Å². The highest BCUT2D eigenvalue weighted by Gasteiger charge is 2.24. The zero-order valence-corrected chi connectivity index (χ0v) is 14.0. The van der Waals surface area contributed by atoms with Crippen molar-refractivity contribution in [3.8, 4) is 11.8 Å². The number of nitriles is 1. The predicted octanol–water partition coefficient (Wildman–Crippen LogP) is 3.18. The molecule has 1 aliphatic heterocycles. The van der Waals surface area contributed by atoms with Gasteiger partial charge in [-0.05, 0) is 42.2 Å². The maximum atomic E-state index is 8.95. The summed E-state index contributed by atoms with van der Waals surface area (Å²) in [4.78, 5) is 2.40. The summed E-state index contributed by atoms with van der Waals surface area (Å²) >= 11 is 0. The average Bonchev–Trinajstić information content (AvgIpc) is 3.10. The van der Waals surface area contributed by atoms with E-state index >= 15 is 0 Å². The molecule has 0 unspecified atom stereocenters. The van der Waals surface area contributed by atoms with Crippen molar-refractivity contribution in [2.45, 2.75) is 13.0 Å². The summed E-state index contributed by atoms with van der Waals surface area (Å²) in [5, 5.41) is 12.5. The smallest absolute Gasteiger partial charge is 0.142 e. The van der Waals surface area contributed by atoms with Gasteiger partial charge in [0, 0.05) is 26.2 Å².